The monoisotopic (exact) mass is 449 g/mol. The van der Waals surface area contributed by atoms with E-state index in [1.165, 1.54) is 9.58 Å². The van der Waals surface area contributed by atoms with E-state index in [1.54, 1.807) is 48.5 Å². The maximum atomic E-state index is 12.8. The number of aromatic nitrogens is 2. The number of hydrazine groups is 1. The van der Waals surface area contributed by atoms with Crippen molar-refractivity contribution in [3.05, 3.63) is 64.6 Å². The number of hydrogen-bond donors (Lipinski definition) is 2. The predicted molar refractivity (Wildman–Crippen MR) is 121 cm³/mol. The Kier molecular flexibility index (Phi) is 6.34. The molecule has 1 aliphatic heterocycles. The third-order valence-electron chi connectivity index (χ3n) is 5.20. The molecule has 0 bridgehead atoms. The standard InChI is InChI=1S/C23H23N5O5/c1-2-12-28-23(32)16-8-4-3-7-15(16)21(26-28)22(31)25-24-19(29)11-13-27-17-9-5-6-10-18(17)33-14-20(27)30/h3-10H,2,11-14H2,1H3,(H,24,29)(H,25,31). The third-order valence-corrected chi connectivity index (χ3v) is 5.20. The van der Waals surface area contributed by atoms with Crippen molar-refractivity contribution >= 4 is 34.2 Å². The van der Waals surface area contributed by atoms with E-state index in [2.05, 4.69) is 16.0 Å². The highest BCUT2D eigenvalue weighted by atomic mass is 16.5. The number of para-hydroxylation sites is 2. The Morgan fingerprint density at radius 2 is 1.73 bits per heavy atom. The summed E-state index contributed by atoms with van der Waals surface area (Å²) >= 11 is 0. The first-order valence-corrected chi connectivity index (χ1v) is 10.6. The van der Waals surface area contributed by atoms with Crippen molar-refractivity contribution in [2.45, 2.75) is 26.3 Å². The number of carbonyl (C=O) groups is 3. The molecule has 0 saturated heterocycles. The van der Waals surface area contributed by atoms with E-state index in [4.69, 9.17) is 4.74 Å². The summed E-state index contributed by atoms with van der Waals surface area (Å²) in [5, 5.41) is 4.97. The zero-order valence-electron chi connectivity index (χ0n) is 18.0. The fourth-order valence-electron chi connectivity index (χ4n) is 3.63. The minimum absolute atomic E-state index is 0.0378. The van der Waals surface area contributed by atoms with Crippen molar-refractivity contribution in [2.24, 2.45) is 0 Å². The average Bonchev–Trinajstić information content (AvgIpc) is 2.83. The van der Waals surface area contributed by atoms with Crippen molar-refractivity contribution in [3.63, 3.8) is 0 Å². The van der Waals surface area contributed by atoms with Gasteiger partial charge in [0.25, 0.3) is 17.4 Å². The number of carbonyl (C=O) groups excluding carboxylic acids is 3. The quantitative estimate of drug-likeness (QED) is 0.548. The Labute approximate surface area is 189 Å². The Morgan fingerprint density at radius 3 is 2.52 bits per heavy atom. The smallest absolute Gasteiger partial charge is 0.290 e. The molecule has 10 nitrogen and oxygen atoms in total. The number of aryl methyl sites for hydroxylation is 1. The molecular formula is C23H23N5O5. The minimum atomic E-state index is -0.641. The molecule has 2 N–H and O–H groups in total. The molecule has 170 valence electrons. The number of fused-ring (bicyclic) bond motifs is 2. The molecule has 0 saturated carbocycles. The number of ether oxygens (including phenoxy) is 1. The number of anilines is 1. The lowest BCUT2D eigenvalue weighted by Gasteiger charge is -2.29. The van der Waals surface area contributed by atoms with Gasteiger partial charge in [-0.1, -0.05) is 37.3 Å². The van der Waals surface area contributed by atoms with Crippen LogP contribution in [0.5, 0.6) is 5.75 Å². The minimum Gasteiger partial charge on any atom is -0.482 e. The van der Waals surface area contributed by atoms with Gasteiger partial charge in [-0.2, -0.15) is 5.10 Å². The Balaban J connectivity index is 1.43. The molecule has 4 rings (SSSR count). The van der Waals surface area contributed by atoms with Crippen LogP contribution in [0.25, 0.3) is 10.8 Å². The van der Waals surface area contributed by atoms with Crippen LogP contribution in [0.1, 0.15) is 30.3 Å². The second-order valence-electron chi connectivity index (χ2n) is 7.48. The Hall–Kier alpha value is -4.21. The summed E-state index contributed by atoms with van der Waals surface area (Å²) in [4.78, 5) is 51.4. The molecule has 2 aromatic carbocycles. The van der Waals surface area contributed by atoms with E-state index in [1.807, 2.05) is 6.92 Å². The number of benzene rings is 2. The van der Waals surface area contributed by atoms with Gasteiger partial charge in [0.2, 0.25) is 5.91 Å². The van der Waals surface area contributed by atoms with Gasteiger partial charge in [-0.3, -0.25) is 30.0 Å². The lowest BCUT2D eigenvalue weighted by Crippen LogP contribution is -2.45. The van der Waals surface area contributed by atoms with Crippen molar-refractivity contribution < 1.29 is 19.1 Å². The first-order chi connectivity index (χ1) is 16.0. The van der Waals surface area contributed by atoms with Crippen molar-refractivity contribution in [3.8, 4) is 5.75 Å². The molecule has 0 radical (unpaired) electrons. The van der Waals surface area contributed by atoms with E-state index >= 15 is 0 Å². The summed E-state index contributed by atoms with van der Waals surface area (Å²) in [6.07, 6.45) is 0.635. The molecule has 3 amide bonds. The van der Waals surface area contributed by atoms with E-state index < -0.39 is 11.8 Å². The molecule has 10 heteroatoms. The summed E-state index contributed by atoms with van der Waals surface area (Å²) in [7, 11) is 0. The van der Waals surface area contributed by atoms with Gasteiger partial charge in [-0.15, -0.1) is 0 Å². The molecule has 33 heavy (non-hydrogen) atoms. The van der Waals surface area contributed by atoms with Crippen molar-refractivity contribution in [1.29, 1.82) is 0 Å². The third kappa shape index (κ3) is 4.54. The molecule has 1 aromatic heterocycles. The zero-order chi connectivity index (χ0) is 23.4. The zero-order valence-corrected chi connectivity index (χ0v) is 18.0. The van der Waals surface area contributed by atoms with E-state index in [0.717, 1.165) is 0 Å². The van der Waals surface area contributed by atoms with E-state index in [9.17, 15) is 19.2 Å². The van der Waals surface area contributed by atoms with Gasteiger partial charge in [0.15, 0.2) is 12.3 Å². The van der Waals surface area contributed by atoms with E-state index in [0.29, 0.717) is 35.2 Å². The molecular weight excluding hydrogens is 426 g/mol. The Bertz CT molecular complexity index is 1290. The van der Waals surface area contributed by atoms with Crippen molar-refractivity contribution in [2.75, 3.05) is 18.1 Å². The van der Waals surface area contributed by atoms with Crippen molar-refractivity contribution in [1.82, 2.24) is 20.6 Å². The highest BCUT2D eigenvalue weighted by Gasteiger charge is 2.25. The second-order valence-corrected chi connectivity index (χ2v) is 7.48. The van der Waals surface area contributed by atoms with Crippen LogP contribution < -0.4 is 26.0 Å². The summed E-state index contributed by atoms with van der Waals surface area (Å²) in [6.45, 7) is 2.30. The molecule has 0 fully saturated rings. The molecule has 3 aromatic rings. The Morgan fingerprint density at radius 1 is 1.00 bits per heavy atom. The second kappa shape index (κ2) is 9.51. The highest BCUT2D eigenvalue weighted by molar-refractivity contribution is 6.05. The first kappa shape index (κ1) is 22.0. The number of nitrogens with one attached hydrogen (secondary N) is 2. The average molecular weight is 449 g/mol. The topological polar surface area (TPSA) is 123 Å². The largest absolute Gasteiger partial charge is 0.482 e. The van der Waals surface area contributed by atoms with Gasteiger partial charge in [-0.05, 0) is 24.6 Å². The van der Waals surface area contributed by atoms with Crippen LogP contribution in [-0.4, -0.2) is 40.7 Å². The fourth-order valence-corrected chi connectivity index (χ4v) is 3.63. The molecule has 0 aliphatic carbocycles. The van der Waals surface area contributed by atoms with Gasteiger partial charge < -0.3 is 9.64 Å². The van der Waals surface area contributed by atoms with E-state index in [-0.39, 0.29) is 36.7 Å². The van der Waals surface area contributed by atoms with Crippen LogP contribution in [-0.2, 0) is 16.1 Å². The summed E-state index contributed by atoms with van der Waals surface area (Å²) in [5.74, 6) is -0.797. The number of rotatable bonds is 6. The van der Waals surface area contributed by atoms with Crippen LogP contribution in [0.2, 0.25) is 0 Å². The molecule has 1 aliphatic rings. The van der Waals surface area contributed by atoms with Crippen LogP contribution >= 0.6 is 0 Å². The van der Waals surface area contributed by atoms with Gasteiger partial charge in [0.05, 0.1) is 11.1 Å². The number of nitrogens with zero attached hydrogens (tertiary/aromatic N) is 3. The number of amides is 3. The van der Waals surface area contributed by atoms with Gasteiger partial charge >= 0.3 is 0 Å². The maximum absolute atomic E-state index is 12.8. The first-order valence-electron chi connectivity index (χ1n) is 10.6. The van der Waals surface area contributed by atoms with Gasteiger partial charge in [-0.25, -0.2) is 4.68 Å². The number of hydrogen-bond acceptors (Lipinski definition) is 6. The predicted octanol–water partition coefficient (Wildman–Crippen LogP) is 1.38. The molecule has 2 heterocycles. The normalized spacial score (nSPS) is 12.8. The lowest BCUT2D eigenvalue weighted by molar-refractivity contribution is -0.122. The summed E-state index contributed by atoms with van der Waals surface area (Å²) in [5.41, 5.74) is 5.07. The summed E-state index contributed by atoms with van der Waals surface area (Å²) < 4.78 is 6.64. The fraction of sp³-hybridized carbons (Fsp3) is 0.261. The molecule has 0 spiro atoms. The van der Waals surface area contributed by atoms with Gasteiger partial charge in [0, 0.05) is 24.9 Å². The van der Waals surface area contributed by atoms with Crippen LogP contribution in [0, 0.1) is 0 Å². The lowest BCUT2D eigenvalue weighted by atomic mass is 10.1. The highest BCUT2D eigenvalue weighted by Crippen LogP contribution is 2.31. The van der Waals surface area contributed by atoms with Gasteiger partial charge in [0.1, 0.15) is 5.75 Å². The SMILES string of the molecule is CCCn1nc(C(=O)NNC(=O)CCN2C(=O)COc3ccccc32)c2ccccc2c1=O. The van der Waals surface area contributed by atoms with Crippen LogP contribution in [0.4, 0.5) is 5.69 Å². The van der Waals surface area contributed by atoms with Crippen LogP contribution in [0.15, 0.2) is 53.3 Å². The maximum Gasteiger partial charge on any atom is 0.290 e. The summed E-state index contributed by atoms with van der Waals surface area (Å²) in [6, 6.07) is 13.8. The molecule has 0 atom stereocenters. The molecule has 0 unspecified atom stereocenters. The van der Waals surface area contributed by atoms with Crippen LogP contribution in [0.3, 0.4) is 0 Å².